The van der Waals surface area contributed by atoms with Crippen LogP contribution in [0.5, 0.6) is 0 Å². The standard InChI is InChI=1S/C21H30N6O/c1-22-21(26-17-10-11-20-24-15-25-27(20)14-17)23-12-5-13-28-19-9-4-7-16-6-2-3-8-18(16)19/h2-3,6,8,15,17,19H,4-5,7,9-14H2,1H3,(H2,22,23,26). The minimum atomic E-state index is 0.251. The lowest BCUT2D eigenvalue weighted by atomic mass is 9.89. The van der Waals surface area contributed by atoms with E-state index in [-0.39, 0.29) is 6.10 Å². The lowest BCUT2D eigenvalue weighted by Gasteiger charge is -2.26. The highest BCUT2D eigenvalue weighted by Gasteiger charge is 2.21. The van der Waals surface area contributed by atoms with E-state index in [1.165, 1.54) is 24.0 Å². The molecule has 2 aromatic rings. The maximum atomic E-state index is 6.19. The van der Waals surface area contributed by atoms with Gasteiger partial charge < -0.3 is 15.4 Å². The number of hydrogen-bond acceptors (Lipinski definition) is 4. The van der Waals surface area contributed by atoms with Crippen LogP contribution in [0.25, 0.3) is 0 Å². The van der Waals surface area contributed by atoms with Crippen molar-refractivity contribution in [3.63, 3.8) is 0 Å². The Morgan fingerprint density at radius 2 is 2.21 bits per heavy atom. The summed E-state index contributed by atoms with van der Waals surface area (Å²) in [6, 6.07) is 9.02. The fourth-order valence-corrected chi connectivity index (χ4v) is 4.13. The van der Waals surface area contributed by atoms with E-state index in [1.807, 2.05) is 11.7 Å². The van der Waals surface area contributed by atoms with Crippen LogP contribution >= 0.6 is 0 Å². The molecular formula is C21H30N6O. The van der Waals surface area contributed by atoms with Crippen LogP contribution in [0.4, 0.5) is 0 Å². The second-order valence-electron chi connectivity index (χ2n) is 7.54. The Bertz CT molecular complexity index is 802. The molecule has 0 fully saturated rings. The van der Waals surface area contributed by atoms with E-state index >= 15 is 0 Å². The average molecular weight is 383 g/mol. The number of aromatic nitrogens is 3. The van der Waals surface area contributed by atoms with E-state index in [2.05, 4.69) is 50.0 Å². The van der Waals surface area contributed by atoms with Crippen LogP contribution in [-0.2, 0) is 24.1 Å². The number of aryl methyl sites for hydroxylation is 2. The molecular weight excluding hydrogens is 352 g/mol. The quantitative estimate of drug-likeness (QED) is 0.455. The van der Waals surface area contributed by atoms with E-state index in [9.17, 15) is 0 Å². The molecule has 2 atom stereocenters. The minimum absolute atomic E-state index is 0.251. The fourth-order valence-electron chi connectivity index (χ4n) is 4.13. The Balaban J connectivity index is 1.17. The summed E-state index contributed by atoms with van der Waals surface area (Å²) in [6.07, 6.45) is 8.35. The minimum Gasteiger partial charge on any atom is -0.373 e. The highest BCUT2D eigenvalue weighted by atomic mass is 16.5. The molecule has 0 amide bonds. The van der Waals surface area contributed by atoms with Crippen LogP contribution in [-0.4, -0.2) is 47.0 Å². The molecule has 0 bridgehead atoms. The van der Waals surface area contributed by atoms with Crippen molar-refractivity contribution in [3.8, 4) is 0 Å². The number of fused-ring (bicyclic) bond motifs is 2. The third kappa shape index (κ3) is 4.52. The maximum absolute atomic E-state index is 6.19. The lowest BCUT2D eigenvalue weighted by molar-refractivity contribution is 0.0398. The van der Waals surface area contributed by atoms with Gasteiger partial charge in [-0.05, 0) is 43.2 Å². The highest BCUT2D eigenvalue weighted by molar-refractivity contribution is 5.79. The number of guanidine groups is 1. The van der Waals surface area contributed by atoms with Crippen molar-refractivity contribution in [2.24, 2.45) is 4.99 Å². The Labute approximate surface area is 166 Å². The first-order valence-electron chi connectivity index (χ1n) is 10.4. The monoisotopic (exact) mass is 382 g/mol. The largest absolute Gasteiger partial charge is 0.373 e. The van der Waals surface area contributed by atoms with Gasteiger partial charge in [-0.15, -0.1) is 0 Å². The van der Waals surface area contributed by atoms with Gasteiger partial charge in [-0.25, -0.2) is 9.67 Å². The first-order chi connectivity index (χ1) is 13.8. The molecule has 7 nitrogen and oxygen atoms in total. The zero-order valence-electron chi connectivity index (χ0n) is 16.6. The third-order valence-corrected chi connectivity index (χ3v) is 5.62. The van der Waals surface area contributed by atoms with Crippen molar-refractivity contribution < 1.29 is 4.74 Å². The SMILES string of the molecule is CN=C(NCCCOC1CCCc2ccccc21)NC1CCc2ncnn2C1. The lowest BCUT2D eigenvalue weighted by Crippen LogP contribution is -2.47. The smallest absolute Gasteiger partial charge is 0.191 e. The molecule has 2 N–H and O–H groups in total. The molecule has 0 saturated carbocycles. The summed E-state index contributed by atoms with van der Waals surface area (Å²) in [5.41, 5.74) is 2.83. The molecule has 1 aromatic heterocycles. The number of aliphatic imine (C=N–C) groups is 1. The van der Waals surface area contributed by atoms with E-state index in [1.54, 1.807) is 6.33 Å². The maximum Gasteiger partial charge on any atom is 0.191 e. The number of hydrogen-bond donors (Lipinski definition) is 2. The second-order valence-corrected chi connectivity index (χ2v) is 7.54. The van der Waals surface area contributed by atoms with Gasteiger partial charge in [0.05, 0.1) is 12.6 Å². The Morgan fingerprint density at radius 3 is 3.14 bits per heavy atom. The van der Waals surface area contributed by atoms with Gasteiger partial charge in [-0.3, -0.25) is 4.99 Å². The highest BCUT2D eigenvalue weighted by Crippen LogP contribution is 2.32. The van der Waals surface area contributed by atoms with Gasteiger partial charge in [0.15, 0.2) is 5.96 Å². The van der Waals surface area contributed by atoms with Crippen molar-refractivity contribution in [2.45, 2.75) is 57.2 Å². The molecule has 1 aliphatic heterocycles. The average Bonchev–Trinajstić information content (AvgIpc) is 3.20. The third-order valence-electron chi connectivity index (χ3n) is 5.62. The Hall–Kier alpha value is -2.41. The molecule has 28 heavy (non-hydrogen) atoms. The van der Waals surface area contributed by atoms with Gasteiger partial charge >= 0.3 is 0 Å². The first kappa shape index (κ1) is 18.9. The van der Waals surface area contributed by atoms with Crippen LogP contribution in [0.1, 0.15) is 48.7 Å². The van der Waals surface area contributed by atoms with Crippen LogP contribution in [0.15, 0.2) is 35.6 Å². The molecule has 0 spiro atoms. The Kier molecular flexibility index (Phi) is 6.21. The van der Waals surface area contributed by atoms with Crippen molar-refractivity contribution in [2.75, 3.05) is 20.2 Å². The normalized spacial score (nSPS) is 21.7. The predicted molar refractivity (Wildman–Crippen MR) is 109 cm³/mol. The van der Waals surface area contributed by atoms with Gasteiger partial charge in [0.25, 0.3) is 0 Å². The molecule has 7 heteroatoms. The molecule has 2 unspecified atom stereocenters. The summed E-state index contributed by atoms with van der Waals surface area (Å²) in [7, 11) is 1.81. The van der Waals surface area contributed by atoms with Gasteiger partial charge in [0.2, 0.25) is 0 Å². The Morgan fingerprint density at radius 1 is 1.29 bits per heavy atom. The topological polar surface area (TPSA) is 76.4 Å². The molecule has 2 heterocycles. The number of rotatable bonds is 6. The molecule has 1 aliphatic carbocycles. The molecule has 0 radical (unpaired) electrons. The number of nitrogens with zero attached hydrogens (tertiary/aromatic N) is 4. The van der Waals surface area contributed by atoms with Crippen molar-refractivity contribution in [1.82, 2.24) is 25.4 Å². The molecule has 1 aromatic carbocycles. The van der Waals surface area contributed by atoms with Gasteiger partial charge in [-0.2, -0.15) is 5.10 Å². The van der Waals surface area contributed by atoms with Gasteiger partial charge in [-0.1, -0.05) is 24.3 Å². The van der Waals surface area contributed by atoms with E-state index in [0.717, 1.165) is 57.2 Å². The van der Waals surface area contributed by atoms with Gasteiger partial charge in [0.1, 0.15) is 12.2 Å². The van der Waals surface area contributed by atoms with Gasteiger partial charge in [0, 0.05) is 32.7 Å². The molecule has 0 saturated heterocycles. The first-order valence-corrected chi connectivity index (χ1v) is 10.4. The van der Waals surface area contributed by atoms with E-state index < -0.39 is 0 Å². The second kappa shape index (κ2) is 9.19. The van der Waals surface area contributed by atoms with Crippen LogP contribution in [0.3, 0.4) is 0 Å². The summed E-state index contributed by atoms with van der Waals surface area (Å²) in [5, 5.41) is 11.2. The number of nitrogens with one attached hydrogen (secondary N) is 2. The zero-order chi connectivity index (χ0) is 19.2. The number of benzene rings is 1. The predicted octanol–water partition coefficient (Wildman–Crippen LogP) is 2.24. The summed E-state index contributed by atoms with van der Waals surface area (Å²) in [5.74, 6) is 1.92. The summed E-state index contributed by atoms with van der Waals surface area (Å²) in [6.45, 7) is 2.43. The van der Waals surface area contributed by atoms with Crippen molar-refractivity contribution >= 4 is 5.96 Å². The van der Waals surface area contributed by atoms with E-state index in [0.29, 0.717) is 6.04 Å². The molecule has 4 rings (SSSR count). The van der Waals surface area contributed by atoms with Crippen LogP contribution in [0.2, 0.25) is 0 Å². The fraction of sp³-hybridized carbons (Fsp3) is 0.571. The summed E-state index contributed by atoms with van der Waals surface area (Å²) >= 11 is 0. The summed E-state index contributed by atoms with van der Waals surface area (Å²) in [4.78, 5) is 8.63. The summed E-state index contributed by atoms with van der Waals surface area (Å²) < 4.78 is 8.16. The van der Waals surface area contributed by atoms with Crippen LogP contribution in [0, 0.1) is 0 Å². The molecule has 2 aliphatic rings. The van der Waals surface area contributed by atoms with E-state index in [4.69, 9.17) is 4.74 Å². The van der Waals surface area contributed by atoms with Crippen molar-refractivity contribution in [3.05, 3.63) is 47.5 Å². The van der Waals surface area contributed by atoms with Crippen LogP contribution < -0.4 is 10.6 Å². The molecule has 150 valence electrons. The zero-order valence-corrected chi connectivity index (χ0v) is 16.6. The van der Waals surface area contributed by atoms with Crippen molar-refractivity contribution in [1.29, 1.82) is 0 Å². The number of ether oxygens (including phenoxy) is 1.